The lowest BCUT2D eigenvalue weighted by Crippen LogP contribution is -2.66. The fourth-order valence-electron chi connectivity index (χ4n) is 6.45. The summed E-state index contributed by atoms with van der Waals surface area (Å²) in [5.74, 6) is 0. The van der Waals surface area contributed by atoms with Crippen LogP contribution >= 0.6 is 0 Å². The van der Waals surface area contributed by atoms with Crippen molar-refractivity contribution >= 4 is 0 Å². The van der Waals surface area contributed by atoms with E-state index in [1.54, 1.807) is 0 Å². The number of piperazine rings is 2. The highest BCUT2D eigenvalue weighted by molar-refractivity contribution is 4.97. The molecule has 0 N–H and O–H groups in total. The monoisotopic (exact) mass is 436 g/mol. The number of hydrogen-bond acceptors (Lipinski definition) is 4. The summed E-state index contributed by atoms with van der Waals surface area (Å²) in [6.45, 7) is 34.9. The molecule has 2 aliphatic heterocycles. The Hall–Kier alpha value is -0.160. The van der Waals surface area contributed by atoms with Gasteiger partial charge in [-0.15, -0.1) is 0 Å². The van der Waals surface area contributed by atoms with Crippen LogP contribution in [0.5, 0.6) is 0 Å². The molecule has 0 aliphatic carbocycles. The standard InChI is InChI=1S/C27H56N4/c1-13-24-20-28(16-17-30(24)26(8,9)10)21(2)14-15-27(11,12)31-22(3)18-29(19-23(31)4)25(5,6)7/h21-24H,13-20H2,1-12H3/t21?,22-,23+,24-/m1/s1. The zero-order valence-corrected chi connectivity index (χ0v) is 23.3. The van der Waals surface area contributed by atoms with Gasteiger partial charge in [0.1, 0.15) is 0 Å². The van der Waals surface area contributed by atoms with Gasteiger partial charge in [-0.3, -0.25) is 19.6 Å². The highest BCUT2D eigenvalue weighted by Crippen LogP contribution is 2.33. The lowest BCUT2D eigenvalue weighted by molar-refractivity contribution is -0.0620. The second-order valence-electron chi connectivity index (χ2n) is 13.3. The maximum atomic E-state index is 2.83. The molecule has 0 aromatic heterocycles. The fourth-order valence-corrected chi connectivity index (χ4v) is 6.45. The molecule has 0 saturated carbocycles. The molecular weight excluding hydrogens is 380 g/mol. The highest BCUT2D eigenvalue weighted by Gasteiger charge is 2.41. The van der Waals surface area contributed by atoms with E-state index in [9.17, 15) is 0 Å². The van der Waals surface area contributed by atoms with E-state index in [4.69, 9.17) is 0 Å². The maximum Gasteiger partial charge on any atom is 0.0226 e. The molecule has 2 rings (SSSR count). The van der Waals surface area contributed by atoms with Crippen molar-refractivity contribution in [1.82, 2.24) is 19.6 Å². The molecule has 184 valence electrons. The maximum absolute atomic E-state index is 2.83. The minimum Gasteiger partial charge on any atom is -0.298 e. The molecule has 0 aromatic carbocycles. The summed E-state index contributed by atoms with van der Waals surface area (Å²) in [6.07, 6.45) is 3.81. The minimum atomic E-state index is 0.245. The molecule has 2 aliphatic rings. The Bertz CT molecular complexity index is 547. The SMILES string of the molecule is CC[C@@H]1CN(C(C)CCC(C)(C)N2[C@H](C)CN(C(C)(C)C)C[C@@H]2C)CCN1C(C)(C)C. The van der Waals surface area contributed by atoms with E-state index in [1.807, 2.05) is 0 Å². The van der Waals surface area contributed by atoms with E-state index in [1.165, 1.54) is 52.0 Å². The zero-order valence-electron chi connectivity index (χ0n) is 23.3. The van der Waals surface area contributed by atoms with Crippen LogP contribution in [0.1, 0.15) is 102 Å². The van der Waals surface area contributed by atoms with Crippen LogP contribution in [0.2, 0.25) is 0 Å². The van der Waals surface area contributed by atoms with Crippen molar-refractivity contribution in [1.29, 1.82) is 0 Å². The van der Waals surface area contributed by atoms with Gasteiger partial charge in [0.15, 0.2) is 0 Å². The van der Waals surface area contributed by atoms with E-state index in [2.05, 4.69) is 103 Å². The van der Waals surface area contributed by atoms with Crippen LogP contribution in [0.25, 0.3) is 0 Å². The second kappa shape index (κ2) is 9.99. The van der Waals surface area contributed by atoms with Gasteiger partial charge in [0.05, 0.1) is 0 Å². The Morgan fingerprint density at radius 2 is 1.35 bits per heavy atom. The van der Waals surface area contributed by atoms with Crippen molar-refractivity contribution in [2.24, 2.45) is 0 Å². The Labute approximate surface area is 195 Å². The molecule has 0 spiro atoms. The third-order valence-corrected chi connectivity index (χ3v) is 8.21. The minimum absolute atomic E-state index is 0.245. The summed E-state index contributed by atoms with van der Waals surface area (Å²) in [7, 11) is 0. The molecule has 2 fully saturated rings. The Balaban J connectivity index is 1.96. The first-order chi connectivity index (χ1) is 14.1. The predicted molar refractivity (Wildman–Crippen MR) is 137 cm³/mol. The van der Waals surface area contributed by atoms with Gasteiger partial charge in [-0.05, 0) is 95.4 Å². The molecule has 2 saturated heterocycles. The summed E-state index contributed by atoms with van der Waals surface area (Å²) in [6, 6.07) is 2.56. The van der Waals surface area contributed by atoms with E-state index >= 15 is 0 Å². The van der Waals surface area contributed by atoms with Crippen LogP contribution in [-0.2, 0) is 0 Å². The fraction of sp³-hybridized carbons (Fsp3) is 1.00. The smallest absolute Gasteiger partial charge is 0.0226 e. The van der Waals surface area contributed by atoms with Crippen LogP contribution in [0.3, 0.4) is 0 Å². The average molecular weight is 437 g/mol. The number of hydrogen-bond donors (Lipinski definition) is 0. The van der Waals surface area contributed by atoms with Crippen LogP contribution < -0.4 is 0 Å². The largest absolute Gasteiger partial charge is 0.298 e. The molecule has 4 atom stereocenters. The molecule has 0 aromatic rings. The molecule has 4 nitrogen and oxygen atoms in total. The van der Waals surface area contributed by atoms with Crippen LogP contribution in [-0.4, -0.2) is 93.1 Å². The first-order valence-electron chi connectivity index (χ1n) is 13.1. The lowest BCUT2D eigenvalue weighted by Gasteiger charge is -2.55. The predicted octanol–water partition coefficient (Wildman–Crippen LogP) is 5.32. The molecule has 0 bridgehead atoms. The van der Waals surface area contributed by atoms with Crippen molar-refractivity contribution in [3.8, 4) is 0 Å². The molecule has 2 heterocycles. The molecule has 1 unspecified atom stereocenters. The van der Waals surface area contributed by atoms with Gasteiger partial charge in [-0.1, -0.05) is 6.92 Å². The molecule has 0 amide bonds. The summed E-state index contributed by atoms with van der Waals surface area (Å²) >= 11 is 0. The topological polar surface area (TPSA) is 13.0 Å². The van der Waals surface area contributed by atoms with Crippen LogP contribution in [0.15, 0.2) is 0 Å². The summed E-state index contributed by atoms with van der Waals surface area (Å²) in [5.41, 5.74) is 0.784. The van der Waals surface area contributed by atoms with Gasteiger partial charge in [0, 0.05) is 73.5 Å². The molecular formula is C27H56N4. The van der Waals surface area contributed by atoms with E-state index in [0.29, 0.717) is 24.2 Å². The normalized spacial score (nSPS) is 30.0. The van der Waals surface area contributed by atoms with Crippen molar-refractivity contribution < 1.29 is 0 Å². The molecule has 31 heavy (non-hydrogen) atoms. The van der Waals surface area contributed by atoms with Gasteiger partial charge < -0.3 is 0 Å². The average Bonchev–Trinajstić information content (AvgIpc) is 2.63. The summed E-state index contributed by atoms with van der Waals surface area (Å²) in [4.78, 5) is 11.0. The molecule has 4 heteroatoms. The van der Waals surface area contributed by atoms with Gasteiger partial charge in [0.25, 0.3) is 0 Å². The highest BCUT2D eigenvalue weighted by atomic mass is 15.4. The van der Waals surface area contributed by atoms with E-state index in [-0.39, 0.29) is 16.6 Å². The lowest BCUT2D eigenvalue weighted by atomic mass is 9.87. The first-order valence-corrected chi connectivity index (χ1v) is 13.1. The van der Waals surface area contributed by atoms with Gasteiger partial charge >= 0.3 is 0 Å². The summed E-state index contributed by atoms with van der Waals surface area (Å²) in [5, 5.41) is 0. The third kappa shape index (κ3) is 6.68. The van der Waals surface area contributed by atoms with Crippen molar-refractivity contribution in [3.63, 3.8) is 0 Å². The van der Waals surface area contributed by atoms with Crippen LogP contribution in [0, 0.1) is 0 Å². The summed E-state index contributed by atoms with van der Waals surface area (Å²) < 4.78 is 0. The van der Waals surface area contributed by atoms with Crippen molar-refractivity contribution in [2.75, 3.05) is 32.7 Å². The van der Waals surface area contributed by atoms with Gasteiger partial charge in [0.2, 0.25) is 0 Å². The van der Waals surface area contributed by atoms with Gasteiger partial charge in [-0.25, -0.2) is 0 Å². The number of nitrogens with zero attached hydrogens (tertiary/aromatic N) is 4. The van der Waals surface area contributed by atoms with E-state index in [0.717, 1.165) is 0 Å². The van der Waals surface area contributed by atoms with Crippen molar-refractivity contribution in [2.45, 2.75) is 143 Å². The zero-order chi connectivity index (χ0) is 23.8. The quantitative estimate of drug-likeness (QED) is 0.558. The van der Waals surface area contributed by atoms with Crippen molar-refractivity contribution in [3.05, 3.63) is 0 Å². The first kappa shape index (κ1) is 27.1. The Kier molecular flexibility index (Phi) is 8.73. The number of rotatable bonds is 6. The second-order valence-corrected chi connectivity index (χ2v) is 13.3. The van der Waals surface area contributed by atoms with E-state index < -0.39 is 0 Å². The Morgan fingerprint density at radius 3 is 1.81 bits per heavy atom. The Morgan fingerprint density at radius 1 is 0.806 bits per heavy atom. The van der Waals surface area contributed by atoms with Gasteiger partial charge in [-0.2, -0.15) is 0 Å². The molecule has 0 radical (unpaired) electrons. The third-order valence-electron chi connectivity index (χ3n) is 8.21. The van der Waals surface area contributed by atoms with Crippen LogP contribution in [0.4, 0.5) is 0 Å².